The van der Waals surface area contributed by atoms with Crippen LogP contribution < -0.4 is 15.2 Å². The van der Waals surface area contributed by atoms with Crippen LogP contribution in [-0.2, 0) is 12.8 Å². The minimum atomic E-state index is 0.502. The van der Waals surface area contributed by atoms with Gasteiger partial charge in [-0.05, 0) is 30.2 Å². The number of methoxy groups -OCH3 is 2. The first-order chi connectivity index (χ1) is 8.72. The summed E-state index contributed by atoms with van der Waals surface area (Å²) in [4.78, 5) is 4.14. The molecule has 0 spiro atoms. The second kappa shape index (κ2) is 5.68. The van der Waals surface area contributed by atoms with Gasteiger partial charge < -0.3 is 15.2 Å². The molecule has 0 saturated carbocycles. The molecule has 5 nitrogen and oxygen atoms in total. The van der Waals surface area contributed by atoms with E-state index in [1.807, 2.05) is 18.2 Å². The van der Waals surface area contributed by atoms with Crippen molar-refractivity contribution in [1.82, 2.24) is 9.36 Å². The van der Waals surface area contributed by atoms with E-state index in [0.29, 0.717) is 5.13 Å². The van der Waals surface area contributed by atoms with Gasteiger partial charge in [0.25, 0.3) is 0 Å². The molecule has 0 atom stereocenters. The van der Waals surface area contributed by atoms with Crippen molar-refractivity contribution in [1.29, 1.82) is 0 Å². The molecule has 0 saturated heterocycles. The predicted molar refractivity (Wildman–Crippen MR) is 71.3 cm³/mol. The molecule has 1 aromatic carbocycles. The number of hydrogen-bond donors (Lipinski definition) is 1. The summed E-state index contributed by atoms with van der Waals surface area (Å²) in [6.45, 7) is 0. The second-order valence-corrected chi connectivity index (χ2v) is 4.51. The van der Waals surface area contributed by atoms with Crippen molar-refractivity contribution in [2.24, 2.45) is 0 Å². The van der Waals surface area contributed by atoms with E-state index in [0.717, 1.165) is 35.7 Å². The Kier molecular flexibility index (Phi) is 3.99. The SMILES string of the molecule is COc1ccc(OC)c(CCc2nsc(N)n2)c1. The molecule has 0 unspecified atom stereocenters. The maximum absolute atomic E-state index is 5.55. The van der Waals surface area contributed by atoms with Crippen LogP contribution in [0.1, 0.15) is 11.4 Å². The summed E-state index contributed by atoms with van der Waals surface area (Å²) in [5.41, 5.74) is 6.62. The minimum absolute atomic E-state index is 0.502. The van der Waals surface area contributed by atoms with Crippen LogP contribution in [0.4, 0.5) is 5.13 Å². The standard InChI is InChI=1S/C12H15N3O2S/c1-16-9-4-5-10(17-2)8(7-9)3-6-11-14-12(13)18-15-11/h4-5,7H,3,6H2,1-2H3,(H2,13,14,15). The van der Waals surface area contributed by atoms with Crippen molar-refractivity contribution in [3.63, 3.8) is 0 Å². The summed E-state index contributed by atoms with van der Waals surface area (Å²) in [5, 5.41) is 0.502. The molecular weight excluding hydrogens is 250 g/mol. The molecule has 2 N–H and O–H groups in total. The van der Waals surface area contributed by atoms with E-state index in [1.165, 1.54) is 11.5 Å². The zero-order valence-electron chi connectivity index (χ0n) is 10.3. The molecule has 0 fully saturated rings. The summed E-state index contributed by atoms with van der Waals surface area (Å²) in [6, 6.07) is 5.74. The summed E-state index contributed by atoms with van der Waals surface area (Å²) in [7, 11) is 3.30. The van der Waals surface area contributed by atoms with Crippen LogP contribution in [-0.4, -0.2) is 23.6 Å². The van der Waals surface area contributed by atoms with Crippen LogP contribution in [0.5, 0.6) is 11.5 Å². The van der Waals surface area contributed by atoms with Gasteiger partial charge in [0.2, 0.25) is 0 Å². The Hall–Kier alpha value is -1.82. The molecule has 6 heteroatoms. The largest absolute Gasteiger partial charge is 0.497 e. The Morgan fingerprint density at radius 3 is 2.67 bits per heavy atom. The van der Waals surface area contributed by atoms with E-state index in [4.69, 9.17) is 15.2 Å². The quantitative estimate of drug-likeness (QED) is 0.894. The zero-order chi connectivity index (χ0) is 13.0. The normalized spacial score (nSPS) is 10.3. The van der Waals surface area contributed by atoms with Gasteiger partial charge in [-0.25, -0.2) is 4.98 Å². The molecule has 1 heterocycles. The molecule has 0 aliphatic heterocycles. The first-order valence-electron chi connectivity index (χ1n) is 5.52. The van der Waals surface area contributed by atoms with E-state index >= 15 is 0 Å². The van der Waals surface area contributed by atoms with Crippen LogP contribution in [0.2, 0.25) is 0 Å². The van der Waals surface area contributed by atoms with Crippen LogP contribution in [0.25, 0.3) is 0 Å². The first kappa shape index (κ1) is 12.6. The minimum Gasteiger partial charge on any atom is -0.497 e. The molecule has 2 rings (SSSR count). The van der Waals surface area contributed by atoms with Gasteiger partial charge in [0, 0.05) is 18.0 Å². The fraction of sp³-hybridized carbons (Fsp3) is 0.333. The van der Waals surface area contributed by atoms with Crippen molar-refractivity contribution >= 4 is 16.7 Å². The Balaban J connectivity index is 2.11. The molecular formula is C12H15N3O2S. The van der Waals surface area contributed by atoms with Gasteiger partial charge in [0.15, 0.2) is 5.13 Å². The summed E-state index contributed by atoms with van der Waals surface area (Å²) in [6.07, 6.45) is 1.52. The topological polar surface area (TPSA) is 70.3 Å². The van der Waals surface area contributed by atoms with Gasteiger partial charge in [-0.15, -0.1) is 0 Å². The molecule has 0 aliphatic carbocycles. The average Bonchev–Trinajstić information content (AvgIpc) is 2.81. The molecule has 2 aromatic rings. The lowest BCUT2D eigenvalue weighted by Gasteiger charge is -2.09. The zero-order valence-corrected chi connectivity index (χ0v) is 11.2. The Labute approximate surface area is 110 Å². The van der Waals surface area contributed by atoms with Crippen molar-refractivity contribution in [2.75, 3.05) is 20.0 Å². The number of ether oxygens (including phenoxy) is 2. The smallest absolute Gasteiger partial charge is 0.199 e. The van der Waals surface area contributed by atoms with Crippen LogP contribution in [0.15, 0.2) is 18.2 Å². The van der Waals surface area contributed by atoms with Crippen molar-refractivity contribution in [3.05, 3.63) is 29.6 Å². The van der Waals surface area contributed by atoms with E-state index < -0.39 is 0 Å². The highest BCUT2D eigenvalue weighted by atomic mass is 32.1. The van der Waals surface area contributed by atoms with Gasteiger partial charge in [0.1, 0.15) is 17.3 Å². The third-order valence-electron chi connectivity index (χ3n) is 2.59. The van der Waals surface area contributed by atoms with Gasteiger partial charge in [-0.1, -0.05) is 0 Å². The first-order valence-corrected chi connectivity index (χ1v) is 6.29. The maximum Gasteiger partial charge on any atom is 0.199 e. The van der Waals surface area contributed by atoms with Crippen LogP contribution >= 0.6 is 11.5 Å². The fourth-order valence-corrected chi connectivity index (χ4v) is 2.17. The van der Waals surface area contributed by atoms with E-state index in [-0.39, 0.29) is 0 Å². The lowest BCUT2D eigenvalue weighted by molar-refractivity contribution is 0.398. The lowest BCUT2D eigenvalue weighted by atomic mass is 10.1. The predicted octanol–water partition coefficient (Wildman–Crippen LogP) is 1.92. The van der Waals surface area contributed by atoms with Gasteiger partial charge in [-0.2, -0.15) is 4.37 Å². The Morgan fingerprint density at radius 1 is 1.22 bits per heavy atom. The highest BCUT2D eigenvalue weighted by molar-refractivity contribution is 7.09. The second-order valence-electron chi connectivity index (χ2n) is 3.73. The number of nitrogens with two attached hydrogens (primary N) is 1. The number of benzene rings is 1. The summed E-state index contributed by atoms with van der Waals surface area (Å²) < 4.78 is 14.7. The highest BCUT2D eigenvalue weighted by Gasteiger charge is 2.07. The monoisotopic (exact) mass is 265 g/mol. The fourth-order valence-electron chi connectivity index (χ4n) is 1.69. The third kappa shape index (κ3) is 2.89. The summed E-state index contributed by atoms with van der Waals surface area (Å²) in [5.74, 6) is 2.43. The van der Waals surface area contributed by atoms with Crippen molar-refractivity contribution < 1.29 is 9.47 Å². The van der Waals surface area contributed by atoms with Crippen LogP contribution in [0, 0.1) is 0 Å². The van der Waals surface area contributed by atoms with Gasteiger partial charge >= 0.3 is 0 Å². The Morgan fingerprint density at radius 2 is 2.06 bits per heavy atom. The number of hydrogen-bond acceptors (Lipinski definition) is 6. The number of nitrogens with zero attached hydrogens (tertiary/aromatic N) is 2. The molecule has 0 aliphatic rings. The molecule has 18 heavy (non-hydrogen) atoms. The highest BCUT2D eigenvalue weighted by Crippen LogP contribution is 2.25. The lowest BCUT2D eigenvalue weighted by Crippen LogP contribution is -1.98. The molecule has 1 aromatic heterocycles. The van der Waals surface area contributed by atoms with Crippen LogP contribution in [0.3, 0.4) is 0 Å². The Bertz CT molecular complexity index is 528. The van der Waals surface area contributed by atoms with E-state index in [2.05, 4.69) is 9.36 Å². The number of aryl methyl sites for hydroxylation is 2. The summed E-state index contributed by atoms with van der Waals surface area (Å²) >= 11 is 1.22. The average molecular weight is 265 g/mol. The number of anilines is 1. The van der Waals surface area contributed by atoms with E-state index in [1.54, 1.807) is 14.2 Å². The van der Waals surface area contributed by atoms with Crippen molar-refractivity contribution in [2.45, 2.75) is 12.8 Å². The van der Waals surface area contributed by atoms with Gasteiger partial charge in [0.05, 0.1) is 14.2 Å². The number of nitrogen functional groups attached to an aromatic ring is 1. The van der Waals surface area contributed by atoms with Crippen molar-refractivity contribution in [3.8, 4) is 11.5 Å². The third-order valence-corrected chi connectivity index (χ3v) is 3.17. The maximum atomic E-state index is 5.55. The van der Waals surface area contributed by atoms with Gasteiger partial charge in [-0.3, -0.25) is 0 Å². The molecule has 0 bridgehead atoms. The number of rotatable bonds is 5. The molecule has 96 valence electrons. The number of aromatic nitrogens is 2. The molecule has 0 amide bonds. The molecule has 0 radical (unpaired) electrons. The van der Waals surface area contributed by atoms with E-state index in [9.17, 15) is 0 Å².